The second-order valence-corrected chi connectivity index (χ2v) is 6.86. The molecule has 1 heterocycles. The van der Waals surface area contributed by atoms with Crippen molar-refractivity contribution >= 4 is 0 Å². The van der Waals surface area contributed by atoms with Crippen LogP contribution in [0.2, 0.25) is 0 Å². The van der Waals surface area contributed by atoms with Gasteiger partial charge in [-0.25, -0.2) is 0 Å². The summed E-state index contributed by atoms with van der Waals surface area (Å²) in [5, 5.41) is 0. The Kier molecular flexibility index (Phi) is 4.63. The lowest BCUT2D eigenvalue weighted by Gasteiger charge is -2.36. The molecule has 116 valence electrons. The second-order valence-electron chi connectivity index (χ2n) is 6.86. The molecule has 1 saturated heterocycles. The zero-order valence-corrected chi connectivity index (χ0v) is 13.5. The summed E-state index contributed by atoms with van der Waals surface area (Å²) in [7, 11) is 2.23. The van der Waals surface area contributed by atoms with E-state index < -0.39 is 0 Å². The Labute approximate surface area is 129 Å². The van der Waals surface area contributed by atoms with Crippen molar-refractivity contribution in [3.63, 3.8) is 0 Å². The molecule has 1 aliphatic heterocycles. The van der Waals surface area contributed by atoms with Crippen LogP contribution in [0.5, 0.6) is 0 Å². The molecule has 1 aliphatic carbocycles. The number of hydrogen-bond acceptors (Lipinski definition) is 3. The highest BCUT2D eigenvalue weighted by atomic mass is 15.3. The van der Waals surface area contributed by atoms with E-state index in [0.717, 1.165) is 25.6 Å². The third kappa shape index (κ3) is 3.31. The molecule has 0 bridgehead atoms. The van der Waals surface area contributed by atoms with Gasteiger partial charge >= 0.3 is 0 Å². The second kappa shape index (κ2) is 6.47. The van der Waals surface area contributed by atoms with Gasteiger partial charge in [-0.2, -0.15) is 0 Å². The van der Waals surface area contributed by atoms with Crippen LogP contribution >= 0.6 is 0 Å². The molecule has 0 aromatic heterocycles. The number of benzene rings is 1. The molecule has 2 N–H and O–H groups in total. The third-order valence-corrected chi connectivity index (χ3v) is 5.09. The maximum Gasteiger partial charge on any atom is 0.0476 e. The number of nitrogens with zero attached hydrogens (tertiary/aromatic N) is 2. The summed E-state index contributed by atoms with van der Waals surface area (Å²) in [6.45, 7) is 6.57. The predicted molar refractivity (Wildman–Crippen MR) is 88.5 cm³/mol. The minimum absolute atomic E-state index is 0.378. The number of hydrogen-bond donors (Lipinski definition) is 1. The molecule has 21 heavy (non-hydrogen) atoms. The summed E-state index contributed by atoms with van der Waals surface area (Å²) in [5.41, 5.74) is 9.26. The molecule has 3 nitrogen and oxygen atoms in total. The minimum atomic E-state index is 0.378. The first-order chi connectivity index (χ1) is 10.2. The average molecular weight is 287 g/mol. The van der Waals surface area contributed by atoms with Crippen LogP contribution in [0.4, 0.5) is 0 Å². The van der Waals surface area contributed by atoms with Crippen LogP contribution in [0.3, 0.4) is 0 Å². The highest BCUT2D eigenvalue weighted by Crippen LogP contribution is 2.43. The number of likely N-dealkylation sites (N-methyl/N-ethyl adjacent to an activating group) is 1. The van der Waals surface area contributed by atoms with Gasteiger partial charge < -0.3 is 10.6 Å². The lowest BCUT2D eigenvalue weighted by atomic mass is 9.95. The van der Waals surface area contributed by atoms with Crippen LogP contribution in [0.25, 0.3) is 0 Å². The molecular weight excluding hydrogens is 258 g/mol. The third-order valence-electron chi connectivity index (χ3n) is 5.09. The van der Waals surface area contributed by atoms with Gasteiger partial charge in [-0.05, 0) is 56.8 Å². The van der Waals surface area contributed by atoms with Crippen molar-refractivity contribution < 1.29 is 0 Å². The maximum atomic E-state index is 6.22. The Bertz CT molecular complexity index is 469. The number of rotatable bonds is 4. The molecule has 0 radical (unpaired) electrons. The molecule has 2 atom stereocenters. The zero-order valence-electron chi connectivity index (χ0n) is 13.5. The molecule has 3 heteroatoms. The van der Waals surface area contributed by atoms with Crippen molar-refractivity contribution in [3.8, 4) is 0 Å². The lowest BCUT2D eigenvalue weighted by molar-refractivity contribution is 0.145. The zero-order chi connectivity index (χ0) is 14.8. The van der Waals surface area contributed by atoms with E-state index >= 15 is 0 Å². The first kappa shape index (κ1) is 15.0. The van der Waals surface area contributed by atoms with Gasteiger partial charge in [0.15, 0.2) is 0 Å². The molecule has 3 rings (SSSR count). The number of nitrogens with two attached hydrogens (primary N) is 1. The Morgan fingerprint density at radius 1 is 1.24 bits per heavy atom. The van der Waals surface area contributed by atoms with E-state index in [1.165, 1.54) is 31.4 Å². The molecule has 2 aliphatic rings. The van der Waals surface area contributed by atoms with Crippen LogP contribution in [0.1, 0.15) is 49.3 Å². The van der Waals surface area contributed by atoms with E-state index in [9.17, 15) is 0 Å². The van der Waals surface area contributed by atoms with Crippen LogP contribution in [-0.2, 0) is 0 Å². The van der Waals surface area contributed by atoms with Gasteiger partial charge in [0, 0.05) is 31.7 Å². The Balaban J connectivity index is 1.87. The smallest absolute Gasteiger partial charge is 0.0476 e. The highest BCUT2D eigenvalue weighted by Gasteiger charge is 2.32. The van der Waals surface area contributed by atoms with Crippen molar-refractivity contribution in [3.05, 3.63) is 35.4 Å². The predicted octanol–water partition coefficient (Wildman–Crippen LogP) is 2.59. The summed E-state index contributed by atoms with van der Waals surface area (Å²) < 4.78 is 0. The highest BCUT2D eigenvalue weighted by molar-refractivity contribution is 5.36. The van der Waals surface area contributed by atoms with Gasteiger partial charge in [0.1, 0.15) is 0 Å². The van der Waals surface area contributed by atoms with Gasteiger partial charge in [0.05, 0.1) is 0 Å². The topological polar surface area (TPSA) is 32.5 Å². The normalized spacial score (nSPS) is 26.5. The van der Waals surface area contributed by atoms with Gasteiger partial charge in [0.2, 0.25) is 0 Å². The fourth-order valence-electron chi connectivity index (χ4n) is 3.88. The average Bonchev–Trinajstić information content (AvgIpc) is 3.31. The van der Waals surface area contributed by atoms with Crippen LogP contribution in [0, 0.1) is 0 Å². The van der Waals surface area contributed by atoms with Gasteiger partial charge in [-0.15, -0.1) is 0 Å². The Morgan fingerprint density at radius 2 is 2.00 bits per heavy atom. The van der Waals surface area contributed by atoms with Gasteiger partial charge in [-0.1, -0.05) is 24.3 Å². The summed E-state index contributed by atoms with van der Waals surface area (Å²) in [6, 6.07) is 9.95. The molecule has 2 fully saturated rings. The van der Waals surface area contributed by atoms with E-state index in [1.807, 2.05) is 0 Å². The van der Waals surface area contributed by atoms with Crippen molar-refractivity contribution in [1.29, 1.82) is 0 Å². The summed E-state index contributed by atoms with van der Waals surface area (Å²) in [4.78, 5) is 5.09. The van der Waals surface area contributed by atoms with Crippen molar-refractivity contribution in [2.75, 3.05) is 33.2 Å². The Hall–Kier alpha value is -0.900. The van der Waals surface area contributed by atoms with E-state index in [0.29, 0.717) is 12.1 Å². The van der Waals surface area contributed by atoms with Crippen LogP contribution in [-0.4, -0.2) is 49.1 Å². The van der Waals surface area contributed by atoms with Crippen molar-refractivity contribution in [1.82, 2.24) is 9.80 Å². The van der Waals surface area contributed by atoms with E-state index in [-0.39, 0.29) is 0 Å². The quantitative estimate of drug-likeness (QED) is 0.924. The first-order valence-corrected chi connectivity index (χ1v) is 8.44. The summed E-state index contributed by atoms with van der Waals surface area (Å²) >= 11 is 0. The maximum absolute atomic E-state index is 6.22. The van der Waals surface area contributed by atoms with Crippen molar-refractivity contribution in [2.45, 2.75) is 44.2 Å². The standard InChI is InChI=1S/C18H29N3/c1-14-13-20(2)10-5-11-21(14)18(12-19)17-7-4-3-6-16(17)15-8-9-15/h3-4,6-7,14-15,18H,5,8-13,19H2,1-2H3. The molecule has 0 amide bonds. The fourth-order valence-corrected chi connectivity index (χ4v) is 3.88. The molecule has 1 saturated carbocycles. The van der Waals surface area contributed by atoms with E-state index in [4.69, 9.17) is 5.73 Å². The SMILES string of the molecule is CC1CN(C)CCCN1C(CN)c1ccccc1C1CC1. The molecule has 0 spiro atoms. The minimum Gasteiger partial charge on any atom is -0.329 e. The lowest BCUT2D eigenvalue weighted by Crippen LogP contribution is -2.43. The fraction of sp³-hybridized carbons (Fsp3) is 0.667. The largest absolute Gasteiger partial charge is 0.329 e. The molecule has 1 aromatic carbocycles. The Morgan fingerprint density at radius 3 is 2.71 bits per heavy atom. The van der Waals surface area contributed by atoms with Crippen molar-refractivity contribution in [2.24, 2.45) is 5.73 Å². The molecule has 2 unspecified atom stereocenters. The van der Waals surface area contributed by atoms with E-state index in [1.54, 1.807) is 5.56 Å². The molecule has 1 aromatic rings. The van der Waals surface area contributed by atoms with Crippen LogP contribution < -0.4 is 5.73 Å². The van der Waals surface area contributed by atoms with E-state index in [2.05, 4.69) is 48.0 Å². The molecular formula is C18H29N3. The first-order valence-electron chi connectivity index (χ1n) is 8.44. The summed E-state index contributed by atoms with van der Waals surface area (Å²) in [5.74, 6) is 0.792. The van der Waals surface area contributed by atoms with Gasteiger partial charge in [-0.3, -0.25) is 4.90 Å². The van der Waals surface area contributed by atoms with Crippen LogP contribution in [0.15, 0.2) is 24.3 Å². The van der Waals surface area contributed by atoms with Gasteiger partial charge in [0.25, 0.3) is 0 Å². The summed E-state index contributed by atoms with van der Waals surface area (Å²) in [6.07, 6.45) is 3.95. The monoisotopic (exact) mass is 287 g/mol.